The van der Waals surface area contributed by atoms with E-state index in [1.165, 1.54) is 25.7 Å². The first-order valence-corrected chi connectivity index (χ1v) is 6.61. The van der Waals surface area contributed by atoms with E-state index in [2.05, 4.69) is 26.3 Å². The van der Waals surface area contributed by atoms with Crippen molar-refractivity contribution in [2.45, 2.75) is 44.7 Å². The molecule has 1 N–H and O–H groups in total. The van der Waals surface area contributed by atoms with Gasteiger partial charge in [0, 0.05) is 36.9 Å². The molecule has 1 saturated heterocycles. The number of aromatic nitrogens is 2. The van der Waals surface area contributed by atoms with Crippen LogP contribution in [0.2, 0.25) is 0 Å². The molecule has 1 saturated carbocycles. The molecule has 0 bridgehead atoms. The van der Waals surface area contributed by atoms with Crippen molar-refractivity contribution in [1.82, 2.24) is 15.3 Å². The third kappa shape index (κ3) is 2.57. The maximum atomic E-state index is 4.40. The second-order valence-electron chi connectivity index (χ2n) is 5.19. The zero-order chi connectivity index (χ0) is 11.7. The van der Waals surface area contributed by atoms with Gasteiger partial charge in [-0.25, -0.2) is 9.97 Å². The molecular weight excluding hydrogens is 212 g/mol. The summed E-state index contributed by atoms with van der Waals surface area (Å²) in [7, 11) is 0. The second kappa shape index (κ2) is 4.61. The lowest BCUT2D eigenvalue weighted by molar-refractivity contribution is 0.568. The second-order valence-corrected chi connectivity index (χ2v) is 5.19. The molecule has 0 spiro atoms. The summed E-state index contributed by atoms with van der Waals surface area (Å²) in [6.45, 7) is 4.26. The van der Waals surface area contributed by atoms with Crippen LogP contribution in [0.5, 0.6) is 0 Å². The quantitative estimate of drug-likeness (QED) is 0.854. The van der Waals surface area contributed by atoms with E-state index in [4.69, 9.17) is 0 Å². The van der Waals surface area contributed by atoms with E-state index in [-0.39, 0.29) is 0 Å². The summed E-state index contributed by atoms with van der Waals surface area (Å²) in [6, 6.07) is 3.50. The average Bonchev–Trinajstić information content (AvgIpc) is 3.04. The summed E-state index contributed by atoms with van der Waals surface area (Å²) >= 11 is 0. The first kappa shape index (κ1) is 11.0. The highest BCUT2D eigenvalue weighted by molar-refractivity contribution is 5.41. The van der Waals surface area contributed by atoms with Crippen molar-refractivity contribution in [3.8, 4) is 0 Å². The molecule has 1 aromatic rings. The van der Waals surface area contributed by atoms with Crippen LogP contribution < -0.4 is 10.2 Å². The molecule has 0 radical (unpaired) electrons. The van der Waals surface area contributed by atoms with E-state index in [1.807, 2.05) is 6.92 Å². The molecule has 4 nitrogen and oxygen atoms in total. The van der Waals surface area contributed by atoms with Gasteiger partial charge < -0.3 is 10.2 Å². The van der Waals surface area contributed by atoms with E-state index >= 15 is 0 Å². The van der Waals surface area contributed by atoms with Crippen molar-refractivity contribution < 1.29 is 0 Å². The van der Waals surface area contributed by atoms with Gasteiger partial charge in [0.15, 0.2) is 0 Å². The smallest absolute Gasteiger partial charge is 0.132 e. The lowest BCUT2D eigenvalue weighted by Crippen LogP contribution is -2.39. The molecule has 3 rings (SSSR count). The topological polar surface area (TPSA) is 41.0 Å². The summed E-state index contributed by atoms with van der Waals surface area (Å²) in [5.41, 5.74) is 1.05. The Bertz CT molecular complexity index is 389. The van der Waals surface area contributed by atoms with Crippen molar-refractivity contribution in [1.29, 1.82) is 0 Å². The summed E-state index contributed by atoms with van der Waals surface area (Å²) in [5, 5.41) is 3.63. The first-order valence-electron chi connectivity index (χ1n) is 6.61. The molecule has 2 aliphatic rings. The molecule has 92 valence electrons. The molecule has 4 heteroatoms. The van der Waals surface area contributed by atoms with Crippen LogP contribution in [-0.2, 0) is 0 Å². The van der Waals surface area contributed by atoms with Gasteiger partial charge in [0.2, 0.25) is 0 Å². The Labute approximate surface area is 102 Å². The van der Waals surface area contributed by atoms with E-state index < -0.39 is 0 Å². The number of anilines is 1. The van der Waals surface area contributed by atoms with Gasteiger partial charge in [-0.15, -0.1) is 0 Å². The van der Waals surface area contributed by atoms with Gasteiger partial charge in [0.25, 0.3) is 0 Å². The molecule has 1 aliphatic heterocycles. The van der Waals surface area contributed by atoms with Crippen LogP contribution in [0.4, 0.5) is 5.82 Å². The standard InChI is InChI=1S/C13H20N4/c1-10-7-13(16-9-15-10)17-6-2-3-12(17)8-14-11-4-5-11/h7,9,11-12,14H,2-6,8H2,1H3. The Morgan fingerprint density at radius 2 is 2.24 bits per heavy atom. The molecule has 0 aromatic carbocycles. The molecule has 1 aliphatic carbocycles. The van der Waals surface area contributed by atoms with E-state index in [0.29, 0.717) is 6.04 Å². The van der Waals surface area contributed by atoms with Crippen molar-refractivity contribution in [3.63, 3.8) is 0 Å². The normalized spacial score (nSPS) is 24.3. The van der Waals surface area contributed by atoms with Crippen LogP contribution in [0, 0.1) is 6.92 Å². The number of rotatable bonds is 4. The highest BCUT2D eigenvalue weighted by Crippen LogP contribution is 2.25. The molecule has 2 fully saturated rings. The minimum Gasteiger partial charge on any atom is -0.352 e. The van der Waals surface area contributed by atoms with Crippen LogP contribution in [0.3, 0.4) is 0 Å². The first-order chi connectivity index (χ1) is 8.33. The van der Waals surface area contributed by atoms with Gasteiger partial charge in [-0.05, 0) is 32.6 Å². The largest absolute Gasteiger partial charge is 0.352 e. The van der Waals surface area contributed by atoms with Crippen molar-refractivity contribution >= 4 is 5.82 Å². The van der Waals surface area contributed by atoms with Gasteiger partial charge in [-0.1, -0.05) is 0 Å². The molecule has 17 heavy (non-hydrogen) atoms. The zero-order valence-electron chi connectivity index (χ0n) is 10.4. The maximum Gasteiger partial charge on any atom is 0.132 e. The Morgan fingerprint density at radius 3 is 3.00 bits per heavy atom. The minimum absolute atomic E-state index is 0.616. The Kier molecular flexibility index (Phi) is 2.97. The third-order valence-corrected chi connectivity index (χ3v) is 3.68. The highest BCUT2D eigenvalue weighted by Gasteiger charge is 2.28. The average molecular weight is 232 g/mol. The summed E-state index contributed by atoms with van der Waals surface area (Å²) in [4.78, 5) is 11.0. The summed E-state index contributed by atoms with van der Waals surface area (Å²) in [6.07, 6.45) is 6.95. The fraction of sp³-hybridized carbons (Fsp3) is 0.692. The molecular formula is C13H20N4. The molecule has 1 aromatic heterocycles. The van der Waals surface area contributed by atoms with Gasteiger partial charge in [-0.2, -0.15) is 0 Å². The summed E-state index contributed by atoms with van der Waals surface area (Å²) in [5.74, 6) is 1.09. The molecule has 1 atom stereocenters. The zero-order valence-corrected chi connectivity index (χ0v) is 10.4. The van der Waals surface area contributed by atoms with Crippen LogP contribution in [0.25, 0.3) is 0 Å². The van der Waals surface area contributed by atoms with E-state index in [0.717, 1.165) is 30.6 Å². The Morgan fingerprint density at radius 1 is 1.35 bits per heavy atom. The number of hydrogen-bond donors (Lipinski definition) is 1. The predicted octanol–water partition coefficient (Wildman–Crippen LogP) is 1.51. The van der Waals surface area contributed by atoms with Crippen LogP contribution >= 0.6 is 0 Å². The van der Waals surface area contributed by atoms with E-state index in [1.54, 1.807) is 6.33 Å². The number of nitrogens with one attached hydrogen (secondary N) is 1. The van der Waals surface area contributed by atoms with Crippen molar-refractivity contribution in [2.24, 2.45) is 0 Å². The lowest BCUT2D eigenvalue weighted by atomic mass is 10.2. The van der Waals surface area contributed by atoms with Crippen molar-refractivity contribution in [3.05, 3.63) is 18.1 Å². The fourth-order valence-corrected chi connectivity index (χ4v) is 2.54. The third-order valence-electron chi connectivity index (χ3n) is 3.68. The van der Waals surface area contributed by atoms with Gasteiger partial charge >= 0.3 is 0 Å². The van der Waals surface area contributed by atoms with Crippen LogP contribution in [0.1, 0.15) is 31.4 Å². The van der Waals surface area contributed by atoms with E-state index in [9.17, 15) is 0 Å². The SMILES string of the molecule is Cc1cc(N2CCCC2CNC2CC2)ncn1. The Balaban J connectivity index is 1.67. The molecule has 2 heterocycles. The minimum atomic E-state index is 0.616. The van der Waals surface area contributed by atoms with Crippen LogP contribution in [0.15, 0.2) is 12.4 Å². The number of hydrogen-bond acceptors (Lipinski definition) is 4. The highest BCUT2D eigenvalue weighted by atomic mass is 15.2. The lowest BCUT2D eigenvalue weighted by Gasteiger charge is -2.26. The molecule has 0 amide bonds. The van der Waals surface area contributed by atoms with Crippen molar-refractivity contribution in [2.75, 3.05) is 18.0 Å². The monoisotopic (exact) mass is 232 g/mol. The summed E-state index contributed by atoms with van der Waals surface area (Å²) < 4.78 is 0. The maximum absolute atomic E-state index is 4.40. The van der Waals surface area contributed by atoms with Gasteiger partial charge in [-0.3, -0.25) is 0 Å². The Hall–Kier alpha value is -1.16. The number of aryl methyl sites for hydroxylation is 1. The van der Waals surface area contributed by atoms with Gasteiger partial charge in [0.1, 0.15) is 12.1 Å². The fourth-order valence-electron chi connectivity index (χ4n) is 2.54. The van der Waals surface area contributed by atoms with Gasteiger partial charge in [0.05, 0.1) is 0 Å². The molecule has 1 unspecified atom stereocenters. The number of nitrogens with zero attached hydrogens (tertiary/aromatic N) is 3. The predicted molar refractivity (Wildman–Crippen MR) is 68.2 cm³/mol. The van der Waals surface area contributed by atoms with Crippen LogP contribution in [-0.4, -0.2) is 35.1 Å².